The number of hydrogen-bond donors (Lipinski definition) is 0. The highest BCUT2D eigenvalue weighted by Gasteiger charge is 2.17. The minimum Gasteiger partial charge on any atom is -0.473 e. The van der Waals surface area contributed by atoms with Gasteiger partial charge in [-0.15, -0.1) is 0 Å². The van der Waals surface area contributed by atoms with Gasteiger partial charge in [0.05, 0.1) is 0 Å². The molecule has 1 aliphatic carbocycles. The van der Waals surface area contributed by atoms with E-state index in [4.69, 9.17) is 16.3 Å². The summed E-state index contributed by atoms with van der Waals surface area (Å²) in [6, 6.07) is 6.12. The summed E-state index contributed by atoms with van der Waals surface area (Å²) in [6.07, 6.45) is 7.95. The lowest BCUT2D eigenvalue weighted by atomic mass is 9.87. The lowest BCUT2D eigenvalue weighted by Crippen LogP contribution is -2.08. The lowest BCUT2D eigenvalue weighted by molar-refractivity contribution is -0.108. The van der Waals surface area contributed by atoms with Gasteiger partial charge in [-0.25, -0.2) is 9.37 Å². The molecule has 0 radical (unpaired) electrons. The number of hydrogen-bond acceptors (Lipinski definition) is 4. The molecule has 3 rings (SSSR count). The maximum atomic E-state index is 13.8. The highest BCUT2D eigenvalue weighted by molar-refractivity contribution is 6.30. The van der Waals surface area contributed by atoms with Gasteiger partial charge in [-0.2, -0.15) is 4.98 Å². The van der Waals surface area contributed by atoms with Crippen molar-refractivity contribution in [1.82, 2.24) is 9.97 Å². The number of rotatable bonds is 6. The van der Waals surface area contributed by atoms with Crippen LogP contribution in [0.2, 0.25) is 5.02 Å². The molecule has 1 aliphatic rings. The zero-order valence-electron chi connectivity index (χ0n) is 13.6. The van der Waals surface area contributed by atoms with Gasteiger partial charge in [-0.05, 0) is 42.9 Å². The number of carbonyl (C=O) groups excluding carboxylic acids is 1. The number of ether oxygens (including phenoxy) is 1. The third kappa shape index (κ3) is 4.63. The fraction of sp³-hybridized carbons (Fsp3) is 0.316. The molecule has 0 saturated heterocycles. The summed E-state index contributed by atoms with van der Waals surface area (Å²) in [6.45, 7) is 0.0694. The van der Waals surface area contributed by atoms with E-state index in [2.05, 4.69) is 16.0 Å². The molecule has 0 aliphatic heterocycles. The van der Waals surface area contributed by atoms with Crippen LogP contribution in [-0.4, -0.2) is 16.3 Å². The van der Waals surface area contributed by atoms with E-state index in [9.17, 15) is 9.18 Å². The molecule has 6 heteroatoms. The molecule has 0 saturated carbocycles. The molecular formula is C19H18ClFN2O2. The first-order chi connectivity index (χ1) is 12.2. The second-order valence-corrected chi connectivity index (χ2v) is 6.45. The minimum absolute atomic E-state index is 0.0694. The monoisotopic (exact) mass is 360 g/mol. The van der Waals surface area contributed by atoms with E-state index in [0.29, 0.717) is 34.6 Å². The number of allylic oxidation sites excluding steroid dienone is 2. The molecule has 2 aromatic rings. The Hall–Kier alpha value is -2.27. The highest BCUT2D eigenvalue weighted by Crippen LogP contribution is 2.30. The predicted octanol–water partition coefficient (Wildman–Crippen LogP) is 4.62. The predicted molar refractivity (Wildman–Crippen MR) is 93.8 cm³/mol. The second kappa shape index (κ2) is 8.21. The Bertz CT molecular complexity index is 795. The summed E-state index contributed by atoms with van der Waals surface area (Å²) >= 11 is 5.74. The Morgan fingerprint density at radius 2 is 2.24 bits per heavy atom. The van der Waals surface area contributed by atoms with Crippen molar-refractivity contribution in [3.05, 3.63) is 58.8 Å². The third-order valence-electron chi connectivity index (χ3n) is 4.26. The highest BCUT2D eigenvalue weighted by atomic mass is 35.5. The number of aromatic nitrogens is 2. The van der Waals surface area contributed by atoms with Gasteiger partial charge >= 0.3 is 0 Å². The number of nitrogens with zero attached hydrogens (tertiary/aromatic N) is 2. The molecule has 1 aromatic heterocycles. The maximum absolute atomic E-state index is 13.8. The van der Waals surface area contributed by atoms with E-state index in [1.54, 1.807) is 24.4 Å². The van der Waals surface area contributed by atoms with Gasteiger partial charge in [0.25, 0.3) is 0 Å². The summed E-state index contributed by atoms with van der Waals surface area (Å²) < 4.78 is 19.4. The van der Waals surface area contributed by atoms with Crippen LogP contribution >= 0.6 is 11.6 Å². The summed E-state index contributed by atoms with van der Waals surface area (Å²) in [5.41, 5.74) is 1.48. The molecule has 1 atom stereocenters. The van der Waals surface area contributed by atoms with Crippen molar-refractivity contribution in [2.45, 2.75) is 32.3 Å². The van der Waals surface area contributed by atoms with Gasteiger partial charge < -0.3 is 9.53 Å². The number of carbonyl (C=O) groups is 1. The Balaban J connectivity index is 1.66. The summed E-state index contributed by atoms with van der Waals surface area (Å²) in [7, 11) is 0. The first-order valence-corrected chi connectivity index (χ1v) is 8.56. The minimum atomic E-state index is -0.405. The fourth-order valence-corrected chi connectivity index (χ4v) is 2.97. The van der Waals surface area contributed by atoms with E-state index < -0.39 is 5.82 Å². The standard InChI is InChI=1S/C19H18ClFN2O2/c20-16-6-5-15(17(21)11-16)12-25-18-7-9-22-19(23-18)14-3-1-13(2-4-14)8-10-24/h3,5-7,9-11,13H,1-2,4,8,12H2. The third-order valence-corrected chi connectivity index (χ3v) is 4.49. The Morgan fingerprint density at radius 3 is 2.96 bits per heavy atom. The number of aldehydes is 1. The lowest BCUT2D eigenvalue weighted by Gasteiger charge is -2.19. The van der Waals surface area contributed by atoms with Crippen LogP contribution in [0.4, 0.5) is 4.39 Å². The average molecular weight is 361 g/mol. The van der Waals surface area contributed by atoms with Crippen molar-refractivity contribution in [3.8, 4) is 5.88 Å². The Morgan fingerprint density at radius 1 is 1.36 bits per heavy atom. The molecule has 0 fully saturated rings. The number of benzene rings is 1. The molecular weight excluding hydrogens is 343 g/mol. The van der Waals surface area contributed by atoms with Crippen LogP contribution in [0.3, 0.4) is 0 Å². The molecule has 1 aromatic carbocycles. The van der Waals surface area contributed by atoms with Crippen molar-refractivity contribution in [1.29, 1.82) is 0 Å². The maximum Gasteiger partial charge on any atom is 0.217 e. The van der Waals surface area contributed by atoms with Crippen LogP contribution in [0.15, 0.2) is 36.5 Å². The van der Waals surface area contributed by atoms with Crippen molar-refractivity contribution in [3.63, 3.8) is 0 Å². The van der Waals surface area contributed by atoms with Crippen LogP contribution in [0.5, 0.6) is 5.88 Å². The van der Waals surface area contributed by atoms with Crippen molar-refractivity contribution >= 4 is 23.5 Å². The van der Waals surface area contributed by atoms with Gasteiger partial charge in [0.2, 0.25) is 5.88 Å². The van der Waals surface area contributed by atoms with Crippen LogP contribution in [-0.2, 0) is 11.4 Å². The Kier molecular flexibility index (Phi) is 5.76. The molecule has 4 nitrogen and oxygen atoms in total. The Labute approximate surface area is 150 Å². The second-order valence-electron chi connectivity index (χ2n) is 6.02. The first kappa shape index (κ1) is 17.5. The van der Waals surface area contributed by atoms with Gasteiger partial charge in [0.1, 0.15) is 18.7 Å². The van der Waals surface area contributed by atoms with Crippen LogP contribution in [0.25, 0.3) is 5.57 Å². The van der Waals surface area contributed by atoms with Gasteiger partial charge in [-0.1, -0.05) is 23.7 Å². The summed E-state index contributed by atoms with van der Waals surface area (Å²) in [5.74, 6) is 1.03. The molecule has 25 heavy (non-hydrogen) atoms. The quantitative estimate of drug-likeness (QED) is 0.705. The van der Waals surface area contributed by atoms with E-state index in [1.165, 1.54) is 6.07 Å². The van der Waals surface area contributed by atoms with E-state index >= 15 is 0 Å². The topological polar surface area (TPSA) is 52.1 Å². The van der Waals surface area contributed by atoms with Crippen LogP contribution in [0.1, 0.15) is 37.1 Å². The largest absolute Gasteiger partial charge is 0.473 e. The molecule has 0 spiro atoms. The zero-order chi connectivity index (χ0) is 17.6. The summed E-state index contributed by atoms with van der Waals surface area (Å²) in [5, 5.41) is 0.350. The van der Waals surface area contributed by atoms with Gasteiger partial charge in [0, 0.05) is 29.3 Å². The van der Waals surface area contributed by atoms with Crippen LogP contribution < -0.4 is 4.74 Å². The van der Waals surface area contributed by atoms with E-state index in [1.807, 2.05) is 0 Å². The van der Waals surface area contributed by atoms with Crippen molar-refractivity contribution < 1.29 is 13.9 Å². The zero-order valence-corrected chi connectivity index (χ0v) is 14.4. The fourth-order valence-electron chi connectivity index (χ4n) is 2.81. The molecule has 0 bridgehead atoms. The van der Waals surface area contributed by atoms with Crippen molar-refractivity contribution in [2.24, 2.45) is 5.92 Å². The van der Waals surface area contributed by atoms with Crippen molar-refractivity contribution in [2.75, 3.05) is 0 Å². The van der Waals surface area contributed by atoms with Crippen LogP contribution in [0, 0.1) is 11.7 Å². The average Bonchev–Trinajstić information content (AvgIpc) is 2.62. The normalized spacial score (nSPS) is 17.0. The molecule has 1 unspecified atom stereocenters. The van der Waals surface area contributed by atoms with Gasteiger partial charge in [-0.3, -0.25) is 0 Å². The molecule has 0 N–H and O–H groups in total. The van der Waals surface area contributed by atoms with E-state index in [-0.39, 0.29) is 6.61 Å². The SMILES string of the molecule is O=CCC1CC=C(c2nccc(OCc3ccc(Cl)cc3F)n2)CC1. The molecule has 0 amide bonds. The first-order valence-electron chi connectivity index (χ1n) is 8.18. The van der Waals surface area contributed by atoms with E-state index in [0.717, 1.165) is 31.1 Å². The number of halogens is 2. The molecule has 130 valence electrons. The smallest absolute Gasteiger partial charge is 0.217 e. The van der Waals surface area contributed by atoms with Gasteiger partial charge in [0.15, 0.2) is 5.82 Å². The molecule has 1 heterocycles. The summed E-state index contributed by atoms with van der Waals surface area (Å²) in [4.78, 5) is 19.3.